The molecule has 1 heterocycles. The molecule has 1 aliphatic heterocycles. The maximum Gasteiger partial charge on any atom is 0.262 e. The molecule has 0 saturated heterocycles. The molecular formula is C25H20FNO2. The van der Waals surface area contributed by atoms with Gasteiger partial charge in [-0.05, 0) is 66.1 Å². The lowest BCUT2D eigenvalue weighted by molar-refractivity contribution is -0.113. The molecule has 0 atom stereocenters. The Morgan fingerprint density at radius 2 is 1.69 bits per heavy atom. The molecule has 0 unspecified atom stereocenters. The Bertz CT molecular complexity index is 1120. The summed E-state index contributed by atoms with van der Waals surface area (Å²) in [6.45, 7) is 1.69. The number of benzene rings is 3. The summed E-state index contributed by atoms with van der Waals surface area (Å²) in [4.78, 5) is 14.9. The van der Waals surface area contributed by atoms with E-state index in [0.29, 0.717) is 16.8 Å². The molecule has 0 radical (unpaired) electrons. The Kier molecular flexibility index (Phi) is 5.00. The van der Waals surface area contributed by atoms with Crippen LogP contribution in [0.2, 0.25) is 0 Å². The Morgan fingerprint density at radius 3 is 2.34 bits per heavy atom. The third-order valence-corrected chi connectivity index (χ3v) is 4.89. The quantitative estimate of drug-likeness (QED) is 0.546. The minimum atomic E-state index is -0.292. The van der Waals surface area contributed by atoms with Crippen molar-refractivity contribution in [3.05, 3.63) is 107 Å². The Labute approximate surface area is 169 Å². The second-order valence-corrected chi connectivity index (χ2v) is 6.84. The van der Waals surface area contributed by atoms with E-state index in [1.54, 1.807) is 31.1 Å². The van der Waals surface area contributed by atoms with Gasteiger partial charge in [0, 0.05) is 11.3 Å². The van der Waals surface area contributed by atoms with E-state index in [2.05, 4.69) is 0 Å². The fourth-order valence-electron chi connectivity index (χ4n) is 3.34. The van der Waals surface area contributed by atoms with E-state index in [-0.39, 0.29) is 11.7 Å². The van der Waals surface area contributed by atoms with E-state index in [9.17, 15) is 9.18 Å². The average Bonchev–Trinajstić information content (AvgIpc) is 3.07. The molecule has 3 aromatic carbocycles. The maximum absolute atomic E-state index is 13.8. The highest BCUT2D eigenvalue weighted by molar-refractivity contribution is 6.23. The lowest BCUT2D eigenvalue weighted by Gasteiger charge is -2.21. The van der Waals surface area contributed by atoms with Gasteiger partial charge in [0.2, 0.25) is 0 Å². The van der Waals surface area contributed by atoms with Crippen LogP contribution < -0.4 is 9.64 Å². The van der Waals surface area contributed by atoms with Gasteiger partial charge in [0.1, 0.15) is 11.6 Å². The summed E-state index contributed by atoms with van der Waals surface area (Å²) < 4.78 is 19.0. The summed E-state index contributed by atoms with van der Waals surface area (Å²) in [6, 6.07) is 21.9. The number of carbonyl (C=O) groups is 1. The van der Waals surface area contributed by atoms with Crippen LogP contribution >= 0.6 is 0 Å². The summed E-state index contributed by atoms with van der Waals surface area (Å²) in [5.74, 6) is 0.319. The second-order valence-electron chi connectivity index (χ2n) is 6.84. The molecule has 0 saturated carbocycles. The number of aryl methyl sites for hydroxylation is 1. The molecule has 3 aromatic rings. The molecule has 4 heteroatoms. The normalized spacial score (nSPS) is 15.0. The largest absolute Gasteiger partial charge is 0.497 e. The summed E-state index contributed by atoms with van der Waals surface area (Å²) in [6.07, 6.45) is 3.72. The van der Waals surface area contributed by atoms with Crippen LogP contribution in [0.25, 0.3) is 11.8 Å². The number of methoxy groups -OCH3 is 1. The highest BCUT2D eigenvalue weighted by atomic mass is 19.1. The lowest BCUT2D eigenvalue weighted by Crippen LogP contribution is -2.25. The smallest absolute Gasteiger partial charge is 0.262 e. The molecule has 1 aliphatic rings. The molecule has 1 amide bonds. The van der Waals surface area contributed by atoms with Crippen LogP contribution in [0.4, 0.5) is 10.1 Å². The van der Waals surface area contributed by atoms with Crippen LogP contribution in [-0.2, 0) is 4.79 Å². The van der Waals surface area contributed by atoms with E-state index in [1.807, 2.05) is 66.7 Å². The third kappa shape index (κ3) is 3.69. The zero-order valence-electron chi connectivity index (χ0n) is 16.2. The second kappa shape index (κ2) is 7.76. The number of ether oxygens (including phenoxy) is 1. The first kappa shape index (κ1) is 18.7. The van der Waals surface area contributed by atoms with Crippen LogP contribution in [0.1, 0.15) is 16.7 Å². The van der Waals surface area contributed by atoms with Crippen molar-refractivity contribution in [2.75, 3.05) is 12.0 Å². The average molecular weight is 385 g/mol. The van der Waals surface area contributed by atoms with E-state index in [0.717, 1.165) is 22.6 Å². The van der Waals surface area contributed by atoms with Gasteiger partial charge in [0.15, 0.2) is 0 Å². The molecule has 144 valence electrons. The van der Waals surface area contributed by atoms with Gasteiger partial charge in [-0.1, -0.05) is 42.5 Å². The molecule has 0 N–H and O–H groups in total. The number of carbonyl (C=O) groups excluding carboxylic acids is 1. The van der Waals surface area contributed by atoms with Crippen molar-refractivity contribution in [2.24, 2.45) is 0 Å². The molecule has 0 fully saturated rings. The zero-order chi connectivity index (χ0) is 20.4. The highest BCUT2D eigenvalue weighted by Gasteiger charge is 2.30. The number of halogens is 1. The predicted octanol–water partition coefficient (Wildman–Crippen LogP) is 5.61. The summed E-state index contributed by atoms with van der Waals surface area (Å²) in [5.41, 5.74) is 4.28. The van der Waals surface area contributed by atoms with Gasteiger partial charge in [-0.25, -0.2) is 4.39 Å². The molecule has 3 nitrogen and oxygen atoms in total. The van der Waals surface area contributed by atoms with Gasteiger partial charge >= 0.3 is 0 Å². The monoisotopic (exact) mass is 385 g/mol. The van der Waals surface area contributed by atoms with Gasteiger partial charge in [-0.15, -0.1) is 0 Å². The van der Waals surface area contributed by atoms with Crippen LogP contribution in [-0.4, -0.2) is 13.0 Å². The van der Waals surface area contributed by atoms with E-state index in [4.69, 9.17) is 4.74 Å². The minimum absolute atomic E-state index is 0.148. The lowest BCUT2D eigenvalue weighted by atomic mass is 10.1. The SMILES string of the molecule is COc1ccc(/C=C2\C=C(c3ccccc3)N(c3ccc(F)c(C)c3)C2=O)cc1. The van der Waals surface area contributed by atoms with Gasteiger partial charge in [-0.2, -0.15) is 0 Å². The standard InChI is InChI=1S/C25H20FNO2/c1-17-14-21(10-13-23(17)26)27-24(19-6-4-3-5-7-19)16-20(25(27)28)15-18-8-11-22(29-2)12-9-18/h3-16H,1-2H3/b20-15+. The molecule has 0 spiro atoms. The van der Waals surface area contributed by atoms with E-state index in [1.165, 1.54) is 6.07 Å². The van der Waals surface area contributed by atoms with Crippen LogP contribution in [0.15, 0.2) is 84.4 Å². The van der Waals surface area contributed by atoms with E-state index >= 15 is 0 Å². The third-order valence-electron chi connectivity index (χ3n) is 4.89. The highest BCUT2D eigenvalue weighted by Crippen LogP contribution is 2.35. The first-order valence-electron chi connectivity index (χ1n) is 9.30. The zero-order valence-corrected chi connectivity index (χ0v) is 16.2. The predicted molar refractivity (Wildman–Crippen MR) is 114 cm³/mol. The number of amides is 1. The van der Waals surface area contributed by atoms with E-state index < -0.39 is 0 Å². The molecule has 4 rings (SSSR count). The molecule has 29 heavy (non-hydrogen) atoms. The van der Waals surface area contributed by atoms with Gasteiger partial charge in [0.05, 0.1) is 12.8 Å². The maximum atomic E-state index is 13.8. The Morgan fingerprint density at radius 1 is 0.966 bits per heavy atom. The van der Waals surface area contributed by atoms with Crippen molar-refractivity contribution in [1.82, 2.24) is 0 Å². The number of rotatable bonds is 4. The Hall–Kier alpha value is -3.66. The molecule has 0 bridgehead atoms. The van der Waals surface area contributed by atoms with Gasteiger partial charge < -0.3 is 4.74 Å². The minimum Gasteiger partial charge on any atom is -0.497 e. The van der Waals surface area contributed by atoms with Crippen molar-refractivity contribution < 1.29 is 13.9 Å². The summed E-state index contributed by atoms with van der Waals surface area (Å²) in [5, 5.41) is 0. The summed E-state index contributed by atoms with van der Waals surface area (Å²) in [7, 11) is 1.62. The van der Waals surface area contributed by atoms with Crippen molar-refractivity contribution >= 4 is 23.4 Å². The number of hydrogen-bond donors (Lipinski definition) is 0. The number of nitrogens with zero attached hydrogens (tertiary/aromatic N) is 1. The van der Waals surface area contributed by atoms with Crippen molar-refractivity contribution in [3.8, 4) is 5.75 Å². The molecule has 0 aliphatic carbocycles. The van der Waals surface area contributed by atoms with Crippen LogP contribution in [0, 0.1) is 12.7 Å². The number of hydrogen-bond acceptors (Lipinski definition) is 2. The van der Waals surface area contributed by atoms with Crippen molar-refractivity contribution in [1.29, 1.82) is 0 Å². The van der Waals surface area contributed by atoms with Crippen LogP contribution in [0.3, 0.4) is 0 Å². The first-order valence-corrected chi connectivity index (χ1v) is 9.30. The molecular weight excluding hydrogens is 365 g/mol. The van der Waals surface area contributed by atoms with Crippen molar-refractivity contribution in [3.63, 3.8) is 0 Å². The number of anilines is 1. The van der Waals surface area contributed by atoms with Crippen molar-refractivity contribution in [2.45, 2.75) is 6.92 Å². The molecule has 0 aromatic heterocycles. The van der Waals surface area contributed by atoms with Crippen LogP contribution in [0.5, 0.6) is 5.75 Å². The fraction of sp³-hybridized carbons (Fsp3) is 0.0800. The summed E-state index contributed by atoms with van der Waals surface area (Å²) >= 11 is 0. The van der Waals surface area contributed by atoms with Gasteiger partial charge in [0.25, 0.3) is 5.91 Å². The Balaban J connectivity index is 1.80. The fourth-order valence-corrected chi connectivity index (χ4v) is 3.34. The first-order chi connectivity index (χ1) is 14.1. The van der Waals surface area contributed by atoms with Gasteiger partial charge in [-0.3, -0.25) is 9.69 Å². The topological polar surface area (TPSA) is 29.5 Å².